The molecule has 2 aliphatic rings. The number of fused-ring (bicyclic) bond motifs is 1. The van der Waals surface area contributed by atoms with Crippen molar-refractivity contribution in [3.05, 3.63) is 40.9 Å². The van der Waals surface area contributed by atoms with E-state index in [2.05, 4.69) is 19.2 Å². The SMILES string of the molecule is CC(C)CN1C(=O)/C(=C/c2cn(CC(=O)NC[C@@H]3CCCO3)c3ccccc23)SC1=S. The highest BCUT2D eigenvalue weighted by atomic mass is 32.2. The summed E-state index contributed by atoms with van der Waals surface area (Å²) in [5, 5.41) is 3.98. The highest BCUT2D eigenvalue weighted by molar-refractivity contribution is 8.26. The second-order valence-electron chi connectivity index (χ2n) is 8.35. The van der Waals surface area contributed by atoms with Gasteiger partial charge in [-0.1, -0.05) is 56.0 Å². The summed E-state index contributed by atoms with van der Waals surface area (Å²) in [5.74, 6) is 0.248. The number of benzene rings is 1. The minimum atomic E-state index is -0.0499. The summed E-state index contributed by atoms with van der Waals surface area (Å²) < 4.78 is 8.11. The predicted molar refractivity (Wildman–Crippen MR) is 129 cm³/mol. The summed E-state index contributed by atoms with van der Waals surface area (Å²) in [6.07, 6.45) is 5.99. The fourth-order valence-electron chi connectivity index (χ4n) is 3.93. The number of hydrogen-bond acceptors (Lipinski definition) is 5. The molecule has 2 saturated heterocycles. The summed E-state index contributed by atoms with van der Waals surface area (Å²) in [5.41, 5.74) is 1.87. The van der Waals surface area contributed by atoms with E-state index in [0.29, 0.717) is 28.2 Å². The summed E-state index contributed by atoms with van der Waals surface area (Å²) >= 11 is 6.76. The molecule has 8 heteroatoms. The lowest BCUT2D eigenvalue weighted by molar-refractivity contribution is -0.123. The summed E-state index contributed by atoms with van der Waals surface area (Å²) in [6.45, 7) is 6.29. The number of carbonyl (C=O) groups excluding carboxylic acids is 2. The Morgan fingerprint density at radius 3 is 2.94 bits per heavy atom. The van der Waals surface area contributed by atoms with Crippen molar-refractivity contribution in [2.24, 2.45) is 5.92 Å². The largest absolute Gasteiger partial charge is 0.376 e. The quantitative estimate of drug-likeness (QED) is 0.506. The van der Waals surface area contributed by atoms with Gasteiger partial charge in [-0.3, -0.25) is 14.5 Å². The second kappa shape index (κ2) is 9.54. The van der Waals surface area contributed by atoms with Crippen LogP contribution in [0.3, 0.4) is 0 Å². The summed E-state index contributed by atoms with van der Waals surface area (Å²) in [4.78, 5) is 27.7. The number of nitrogens with zero attached hydrogens (tertiary/aromatic N) is 2. The van der Waals surface area contributed by atoms with Crippen molar-refractivity contribution in [1.29, 1.82) is 0 Å². The predicted octanol–water partition coefficient (Wildman–Crippen LogP) is 3.79. The molecule has 6 nitrogen and oxygen atoms in total. The molecule has 0 unspecified atom stereocenters. The van der Waals surface area contributed by atoms with Crippen molar-refractivity contribution in [3.8, 4) is 0 Å². The zero-order chi connectivity index (χ0) is 22.0. The van der Waals surface area contributed by atoms with Crippen LogP contribution in [-0.4, -0.2) is 51.4 Å². The van der Waals surface area contributed by atoms with Crippen LogP contribution in [-0.2, 0) is 20.9 Å². The molecule has 1 atom stereocenters. The number of thiocarbonyl (C=S) groups is 1. The van der Waals surface area contributed by atoms with Gasteiger partial charge in [0.15, 0.2) is 0 Å². The Kier molecular flexibility index (Phi) is 6.79. The molecule has 1 N–H and O–H groups in total. The molecular weight excluding hydrogens is 430 g/mol. The number of amides is 2. The van der Waals surface area contributed by atoms with Gasteiger partial charge < -0.3 is 14.6 Å². The lowest BCUT2D eigenvalue weighted by Gasteiger charge is -2.16. The first kappa shape index (κ1) is 22.0. The molecule has 1 aromatic carbocycles. The first-order valence-corrected chi connectivity index (χ1v) is 11.9. The average Bonchev–Trinajstić information content (AvgIpc) is 3.43. The van der Waals surface area contributed by atoms with E-state index in [-0.39, 0.29) is 24.5 Å². The van der Waals surface area contributed by atoms with E-state index in [1.807, 2.05) is 41.1 Å². The van der Waals surface area contributed by atoms with E-state index >= 15 is 0 Å². The Labute approximate surface area is 192 Å². The van der Waals surface area contributed by atoms with Crippen molar-refractivity contribution in [2.45, 2.75) is 39.3 Å². The van der Waals surface area contributed by atoms with Crippen LogP contribution in [0.5, 0.6) is 0 Å². The van der Waals surface area contributed by atoms with Gasteiger partial charge in [-0.15, -0.1) is 0 Å². The van der Waals surface area contributed by atoms with Gasteiger partial charge in [-0.25, -0.2) is 0 Å². The molecule has 0 spiro atoms. The molecule has 0 radical (unpaired) electrons. The van der Waals surface area contributed by atoms with Crippen LogP contribution in [0.15, 0.2) is 35.4 Å². The number of rotatable bonds is 7. The Bertz CT molecular complexity index is 1040. The van der Waals surface area contributed by atoms with E-state index in [1.54, 1.807) is 4.90 Å². The highest BCUT2D eigenvalue weighted by Crippen LogP contribution is 2.34. The minimum absolute atomic E-state index is 0.0464. The van der Waals surface area contributed by atoms with Crippen LogP contribution in [0.1, 0.15) is 32.3 Å². The van der Waals surface area contributed by atoms with Gasteiger partial charge in [-0.05, 0) is 30.9 Å². The van der Waals surface area contributed by atoms with Gasteiger partial charge in [0.05, 0.1) is 11.0 Å². The molecule has 2 amide bonds. The van der Waals surface area contributed by atoms with Gasteiger partial charge >= 0.3 is 0 Å². The molecule has 2 fully saturated rings. The topological polar surface area (TPSA) is 63.6 Å². The fourth-order valence-corrected chi connectivity index (χ4v) is 5.19. The third kappa shape index (κ3) is 5.02. The Morgan fingerprint density at radius 1 is 1.39 bits per heavy atom. The van der Waals surface area contributed by atoms with E-state index in [0.717, 1.165) is 35.9 Å². The first-order chi connectivity index (χ1) is 14.9. The van der Waals surface area contributed by atoms with Crippen molar-refractivity contribution in [2.75, 3.05) is 19.7 Å². The lowest BCUT2D eigenvalue weighted by atomic mass is 10.1. The van der Waals surface area contributed by atoms with E-state index in [9.17, 15) is 9.59 Å². The standard InChI is InChI=1S/C23H27N3O3S2/c1-15(2)12-26-22(28)20(31-23(26)30)10-16-13-25(19-8-4-3-7-18(16)19)14-21(27)24-11-17-6-5-9-29-17/h3-4,7-8,10,13,15,17H,5-6,9,11-12,14H2,1-2H3,(H,24,27)/b20-10-/t17-/m0/s1. The molecule has 31 heavy (non-hydrogen) atoms. The number of ether oxygens (including phenoxy) is 1. The monoisotopic (exact) mass is 457 g/mol. The van der Waals surface area contributed by atoms with E-state index in [1.165, 1.54) is 11.8 Å². The maximum atomic E-state index is 12.9. The van der Waals surface area contributed by atoms with Crippen LogP contribution in [0.25, 0.3) is 17.0 Å². The van der Waals surface area contributed by atoms with Crippen molar-refractivity contribution in [3.63, 3.8) is 0 Å². The van der Waals surface area contributed by atoms with Crippen LogP contribution >= 0.6 is 24.0 Å². The maximum Gasteiger partial charge on any atom is 0.266 e. The molecule has 0 bridgehead atoms. The maximum absolute atomic E-state index is 12.9. The second-order valence-corrected chi connectivity index (χ2v) is 10.0. The lowest BCUT2D eigenvalue weighted by Crippen LogP contribution is -2.34. The van der Waals surface area contributed by atoms with Gasteiger partial charge in [0, 0.05) is 42.4 Å². The van der Waals surface area contributed by atoms with Crippen LogP contribution < -0.4 is 5.32 Å². The highest BCUT2D eigenvalue weighted by Gasteiger charge is 2.32. The van der Waals surface area contributed by atoms with Gasteiger partial charge in [0.1, 0.15) is 10.9 Å². The van der Waals surface area contributed by atoms with Crippen molar-refractivity contribution >= 4 is 57.1 Å². The third-order valence-electron chi connectivity index (χ3n) is 5.39. The molecule has 1 aromatic heterocycles. The zero-order valence-electron chi connectivity index (χ0n) is 17.8. The third-order valence-corrected chi connectivity index (χ3v) is 6.77. The molecule has 0 aliphatic carbocycles. The van der Waals surface area contributed by atoms with Crippen LogP contribution in [0, 0.1) is 5.92 Å². The molecule has 4 rings (SSSR count). The fraction of sp³-hybridized carbons (Fsp3) is 0.435. The summed E-state index contributed by atoms with van der Waals surface area (Å²) in [7, 11) is 0. The van der Waals surface area contributed by atoms with E-state index in [4.69, 9.17) is 17.0 Å². The Balaban J connectivity index is 1.54. The molecule has 164 valence electrons. The number of nitrogens with one attached hydrogen (secondary N) is 1. The van der Waals surface area contributed by atoms with Crippen molar-refractivity contribution < 1.29 is 14.3 Å². The van der Waals surface area contributed by atoms with Gasteiger partial charge in [0.2, 0.25) is 5.91 Å². The molecular formula is C23H27N3O3S2. The molecule has 2 aromatic rings. The molecule has 3 heterocycles. The summed E-state index contributed by atoms with van der Waals surface area (Å²) in [6, 6.07) is 7.92. The number of para-hydroxylation sites is 1. The number of aromatic nitrogens is 1. The van der Waals surface area contributed by atoms with Gasteiger partial charge in [0.25, 0.3) is 5.91 Å². The number of hydrogen-bond donors (Lipinski definition) is 1. The first-order valence-electron chi connectivity index (χ1n) is 10.6. The number of thioether (sulfide) groups is 1. The van der Waals surface area contributed by atoms with Crippen LogP contribution in [0.2, 0.25) is 0 Å². The zero-order valence-corrected chi connectivity index (χ0v) is 19.4. The average molecular weight is 458 g/mol. The van der Waals surface area contributed by atoms with Crippen LogP contribution in [0.4, 0.5) is 0 Å². The number of carbonyl (C=O) groups is 2. The Hall–Kier alpha value is -2.16. The normalized spacial score (nSPS) is 20.5. The smallest absolute Gasteiger partial charge is 0.266 e. The molecule has 2 aliphatic heterocycles. The van der Waals surface area contributed by atoms with E-state index < -0.39 is 0 Å². The van der Waals surface area contributed by atoms with Crippen molar-refractivity contribution in [1.82, 2.24) is 14.8 Å². The molecule has 0 saturated carbocycles. The van der Waals surface area contributed by atoms with Gasteiger partial charge in [-0.2, -0.15) is 0 Å². The Morgan fingerprint density at radius 2 is 2.19 bits per heavy atom. The minimum Gasteiger partial charge on any atom is -0.376 e.